The van der Waals surface area contributed by atoms with Gasteiger partial charge in [-0.25, -0.2) is 16.7 Å². The molecule has 0 saturated carbocycles. The van der Waals surface area contributed by atoms with Gasteiger partial charge in [-0.3, -0.25) is 0 Å². The van der Waals surface area contributed by atoms with Crippen LogP contribution in [0.25, 0.3) is 0 Å². The van der Waals surface area contributed by atoms with Gasteiger partial charge in [-0.15, -0.1) is 0 Å². The van der Waals surface area contributed by atoms with E-state index in [4.69, 9.17) is 0 Å². The largest absolute Gasteiger partial charge is 0.693 e. The molecule has 0 aromatic carbocycles. The normalized spacial score (nSPS) is 14.0. The van der Waals surface area contributed by atoms with E-state index in [0.29, 0.717) is 0 Å². The van der Waals surface area contributed by atoms with Crippen molar-refractivity contribution >= 4 is 9.08 Å². The highest BCUT2D eigenvalue weighted by molar-refractivity contribution is 6.61. The van der Waals surface area contributed by atoms with Crippen LogP contribution in [0, 0.1) is 0 Å². The molecule has 0 aliphatic carbocycles. The van der Waals surface area contributed by atoms with Crippen molar-refractivity contribution in [3.63, 3.8) is 0 Å². The number of hydrogen-bond acceptors (Lipinski definition) is 0. The first kappa shape index (κ1) is 8.80. The molecule has 0 rings (SSSR count). The zero-order valence-electron chi connectivity index (χ0n) is 3.97. The molecule has 0 unspecified atom stereocenters. The molecule has 0 aromatic heterocycles. The lowest BCUT2D eigenvalue weighted by Crippen LogP contribution is -2.43. The van der Waals surface area contributed by atoms with Crippen molar-refractivity contribution in [3.8, 4) is 0 Å². The molecule has 0 aliphatic heterocycles. The first-order chi connectivity index (χ1) is 3.81. The zero-order valence-corrected chi connectivity index (χ0v) is 4.97. The summed E-state index contributed by atoms with van der Waals surface area (Å²) in [4.78, 5) is 0. The Morgan fingerprint density at radius 2 is 1.44 bits per heavy atom. The van der Waals surface area contributed by atoms with Crippen LogP contribution in [0.3, 0.4) is 0 Å². The number of hydrogen-bond donors (Lipinski definition) is 0. The summed E-state index contributed by atoms with van der Waals surface area (Å²) < 4.78 is 66.2. The molecule has 0 aliphatic rings. The summed E-state index contributed by atoms with van der Waals surface area (Å²) in [5.41, 5.74) is -5.05. The van der Waals surface area contributed by atoms with Crippen molar-refractivity contribution in [1.29, 1.82) is 0 Å². The van der Waals surface area contributed by atoms with Crippen LogP contribution in [0.15, 0.2) is 0 Å². The lowest BCUT2D eigenvalue weighted by Gasteiger charge is -2.11. The Bertz CT molecular complexity index is 93.7. The molecular weight excluding hydrogens is 166 g/mol. The van der Waals surface area contributed by atoms with Gasteiger partial charge in [0, 0.05) is 0 Å². The predicted molar refractivity (Wildman–Crippen MR) is 20.0 cm³/mol. The van der Waals surface area contributed by atoms with Gasteiger partial charge in [-0.1, -0.05) is 0 Å². The highest BCUT2D eigenvalue weighted by Gasteiger charge is 2.64. The second kappa shape index (κ2) is 2.20. The minimum absolute atomic E-state index is 2.64. The average molecular weight is 168 g/mol. The minimum Gasteiger partial charge on any atom is -0.244 e. The van der Waals surface area contributed by atoms with E-state index in [0.717, 1.165) is 0 Å². The molecule has 0 heterocycles. The molecule has 0 nitrogen and oxygen atoms in total. The fraction of sp³-hybridized carbons (Fsp3) is 1.00. The van der Waals surface area contributed by atoms with Crippen molar-refractivity contribution in [2.75, 3.05) is 6.67 Å². The van der Waals surface area contributed by atoms with Crippen molar-refractivity contribution < 1.29 is 25.5 Å². The summed E-state index contributed by atoms with van der Waals surface area (Å²) in [5, 5.41) is 0. The van der Waals surface area contributed by atoms with Crippen LogP contribution >= 0.6 is 0 Å². The lowest BCUT2D eigenvalue weighted by atomic mass is 10.8. The smallest absolute Gasteiger partial charge is 0.244 e. The highest BCUT2D eigenvalue weighted by Crippen LogP contribution is 2.30. The third-order valence-electron chi connectivity index (χ3n) is 0.583. The van der Waals surface area contributed by atoms with E-state index in [2.05, 4.69) is 0 Å². The van der Waals surface area contributed by atoms with Gasteiger partial charge in [0.05, 0.1) is 0 Å². The molecule has 0 aromatic rings. The molecule has 0 spiro atoms. The van der Waals surface area contributed by atoms with Gasteiger partial charge in [-0.2, -0.15) is 8.78 Å². The van der Waals surface area contributed by atoms with Crippen LogP contribution in [-0.2, 0) is 0 Å². The lowest BCUT2D eigenvalue weighted by molar-refractivity contribution is 0.0169. The zero-order chi connectivity index (χ0) is 7.71. The van der Waals surface area contributed by atoms with Crippen LogP contribution in [0.2, 0.25) is 0 Å². The van der Waals surface area contributed by atoms with E-state index in [1.54, 1.807) is 0 Å². The summed E-state index contributed by atoms with van der Waals surface area (Å²) in [5.74, 6) is 0. The summed E-state index contributed by atoms with van der Waals surface area (Å²) >= 11 is 0. The molecule has 0 bridgehead atoms. The van der Waals surface area contributed by atoms with Crippen molar-refractivity contribution in [2.45, 2.75) is 5.55 Å². The van der Waals surface area contributed by atoms with Gasteiger partial charge in [0.1, 0.15) is 0 Å². The highest BCUT2D eigenvalue weighted by atomic mass is 28.5. The Morgan fingerprint density at radius 1 is 1.11 bits per heavy atom. The molecule has 0 atom stereocenters. The first-order valence-corrected chi connectivity index (χ1v) is 3.45. The Labute approximate surface area is 48.0 Å². The first-order valence-electron chi connectivity index (χ1n) is 1.82. The Balaban J connectivity index is 4.14. The van der Waals surface area contributed by atoms with Gasteiger partial charge in [0.25, 0.3) is 0 Å². The molecule has 0 saturated heterocycles. The van der Waals surface area contributed by atoms with Crippen molar-refractivity contribution in [3.05, 3.63) is 0 Å². The van der Waals surface area contributed by atoms with Crippen LogP contribution < -0.4 is 0 Å². The third kappa shape index (κ3) is 1.88. The quantitative estimate of drug-likeness (QED) is 0.336. The monoisotopic (exact) mass is 168 g/mol. The van der Waals surface area contributed by atoms with Crippen LogP contribution in [0.5, 0.6) is 0 Å². The molecule has 0 amide bonds. The fourth-order valence-electron chi connectivity index (χ4n) is 0.0758. The maximum absolute atomic E-state index is 11.2. The van der Waals surface area contributed by atoms with Crippen molar-refractivity contribution in [1.82, 2.24) is 0 Å². The summed E-state index contributed by atoms with van der Waals surface area (Å²) in [7, 11) is -7.09. The average Bonchev–Trinajstić information content (AvgIpc) is 1.64. The molecule has 0 radical (unpaired) electrons. The van der Waals surface area contributed by atoms with Crippen molar-refractivity contribution in [2.24, 2.45) is 0 Å². The van der Waals surface area contributed by atoms with E-state index in [1.807, 2.05) is 0 Å². The fourth-order valence-corrected chi connectivity index (χ4v) is 0.227. The molecule has 7 heteroatoms. The Kier molecular flexibility index (Phi) is 2.15. The van der Waals surface area contributed by atoms with E-state index in [9.17, 15) is 25.5 Å². The summed E-state index contributed by atoms with van der Waals surface area (Å²) in [6, 6.07) is 0. The molecule has 9 heavy (non-hydrogen) atoms. The molecule has 0 N–H and O–H groups in total. The van der Waals surface area contributed by atoms with Gasteiger partial charge in [-0.05, 0) is 0 Å². The molecular formula is C2H2F6Si. The predicted octanol–water partition coefficient (Wildman–Crippen LogP) is 1.98. The number of rotatable bonds is 2. The topological polar surface area (TPSA) is 0 Å². The second-order valence-corrected chi connectivity index (χ2v) is 3.06. The molecule has 56 valence electrons. The number of alkyl halides is 3. The maximum atomic E-state index is 11.2. The van der Waals surface area contributed by atoms with Gasteiger partial charge >= 0.3 is 14.6 Å². The van der Waals surface area contributed by atoms with Crippen LogP contribution in [0.1, 0.15) is 0 Å². The summed E-state index contributed by atoms with van der Waals surface area (Å²) in [6.07, 6.45) is 0. The third-order valence-corrected chi connectivity index (χ3v) is 1.55. The summed E-state index contributed by atoms with van der Waals surface area (Å²) in [6.45, 7) is -2.64. The van der Waals surface area contributed by atoms with E-state index in [1.165, 1.54) is 0 Å². The van der Waals surface area contributed by atoms with E-state index >= 15 is 0 Å². The SMILES string of the molecule is FCC(F)(F)[Si](F)(F)F. The van der Waals surface area contributed by atoms with Gasteiger partial charge < -0.3 is 0 Å². The maximum Gasteiger partial charge on any atom is 0.693 e. The Morgan fingerprint density at radius 3 is 1.44 bits per heavy atom. The van der Waals surface area contributed by atoms with Crippen LogP contribution in [0.4, 0.5) is 25.5 Å². The minimum atomic E-state index is -7.09. The Hall–Kier alpha value is -0.203. The second-order valence-electron chi connectivity index (χ2n) is 1.34. The van der Waals surface area contributed by atoms with Crippen LogP contribution in [-0.4, -0.2) is 21.3 Å². The molecule has 0 fully saturated rings. The van der Waals surface area contributed by atoms with E-state index in [-0.39, 0.29) is 0 Å². The number of halogens is 6. The van der Waals surface area contributed by atoms with Gasteiger partial charge in [0.15, 0.2) is 6.67 Å². The van der Waals surface area contributed by atoms with Gasteiger partial charge in [0.2, 0.25) is 0 Å². The standard InChI is InChI=1S/C2H2F6Si/c3-1-2(4,5)9(6,7)8/h1H2. The van der Waals surface area contributed by atoms with E-state index < -0.39 is 21.3 Å².